The van der Waals surface area contributed by atoms with E-state index in [0.717, 1.165) is 70.6 Å². The average Bonchev–Trinajstić information content (AvgIpc) is 3.13. The number of esters is 1. The highest BCUT2D eigenvalue weighted by atomic mass is 16.5. The Morgan fingerprint density at radius 2 is 1.04 bits per heavy atom. The third kappa shape index (κ3) is 34.9. The molecule has 0 aliphatic heterocycles. The minimum atomic E-state index is -0.790. The van der Waals surface area contributed by atoms with Crippen LogP contribution in [0.1, 0.15) is 207 Å². The Balaban J connectivity index is 4.57. The topological polar surface area (TPSA) is 95.9 Å². The molecule has 0 aliphatic rings. The Labute approximate surface area is 321 Å². The van der Waals surface area contributed by atoms with Crippen molar-refractivity contribution in [3.05, 3.63) is 48.6 Å². The van der Waals surface area contributed by atoms with Crippen molar-refractivity contribution in [2.75, 3.05) is 6.61 Å². The molecule has 0 bridgehead atoms. The Hall–Kier alpha value is -2.18. The van der Waals surface area contributed by atoms with Crippen molar-refractivity contribution in [2.24, 2.45) is 0 Å². The van der Waals surface area contributed by atoms with Crippen molar-refractivity contribution < 1.29 is 24.5 Å². The van der Waals surface area contributed by atoms with Gasteiger partial charge in [-0.1, -0.05) is 198 Å². The van der Waals surface area contributed by atoms with E-state index >= 15 is 0 Å². The van der Waals surface area contributed by atoms with Gasteiger partial charge in [0.05, 0.1) is 25.2 Å². The summed E-state index contributed by atoms with van der Waals surface area (Å²) in [6.07, 6.45) is 46.0. The summed E-state index contributed by atoms with van der Waals surface area (Å²) in [6, 6.07) is -0.705. The van der Waals surface area contributed by atoms with E-state index in [2.05, 4.69) is 44.3 Å². The molecule has 0 saturated heterocycles. The molecule has 0 aliphatic carbocycles. The van der Waals surface area contributed by atoms with Crippen LogP contribution >= 0.6 is 0 Å². The molecule has 0 aromatic carbocycles. The first-order valence-corrected chi connectivity index (χ1v) is 21.9. The predicted molar refractivity (Wildman–Crippen MR) is 222 cm³/mol. The Kier molecular flexibility index (Phi) is 38.3. The second-order valence-corrected chi connectivity index (χ2v) is 14.8. The highest BCUT2D eigenvalue weighted by Gasteiger charge is 2.24. The number of hydrogen-bond acceptors (Lipinski definition) is 5. The van der Waals surface area contributed by atoms with Crippen LogP contribution in [-0.4, -0.2) is 46.9 Å². The summed E-state index contributed by atoms with van der Waals surface area (Å²) in [5.41, 5.74) is 0. The van der Waals surface area contributed by atoms with Gasteiger partial charge in [0.2, 0.25) is 5.91 Å². The van der Waals surface area contributed by atoms with E-state index in [1.807, 2.05) is 30.4 Å². The molecule has 3 unspecified atom stereocenters. The van der Waals surface area contributed by atoms with Crippen molar-refractivity contribution in [3.63, 3.8) is 0 Å². The van der Waals surface area contributed by atoms with Gasteiger partial charge in [0, 0.05) is 6.42 Å². The molecule has 0 aromatic rings. The molecule has 0 fully saturated rings. The highest BCUT2D eigenvalue weighted by molar-refractivity contribution is 5.77. The van der Waals surface area contributed by atoms with Gasteiger partial charge in [-0.25, -0.2) is 0 Å². The van der Waals surface area contributed by atoms with Crippen LogP contribution in [0.25, 0.3) is 0 Å². The number of allylic oxidation sites excluding steroid dienone is 8. The molecule has 0 saturated carbocycles. The molecule has 3 atom stereocenters. The fourth-order valence-electron chi connectivity index (χ4n) is 6.44. The highest BCUT2D eigenvalue weighted by Crippen LogP contribution is 2.17. The number of aliphatic hydroxyl groups is 2. The fourth-order valence-corrected chi connectivity index (χ4v) is 6.44. The van der Waals surface area contributed by atoms with Crippen LogP contribution in [0.4, 0.5) is 0 Å². The SMILES string of the molecule is CC/C=C/C=C/C=C\C=C/CCCCCC(=O)OC(CCCCCCCCCC)CC(=O)NC(CO)C(O)CCCCCCCCCCCCCC. The minimum absolute atomic E-state index is 0.0620. The standard InChI is InChI=1S/C46H83NO5/c1-4-7-10-13-16-19-21-23-25-27-30-33-36-39-46(51)52-42(37-34-31-28-18-15-12-9-6-3)40-45(50)47-43(41-48)44(49)38-35-32-29-26-24-22-20-17-14-11-8-5-2/h7,10,13,16,19,21,23,25,42-44,48-49H,4-6,8-9,11-12,14-15,17-18,20,22,24,26-41H2,1-3H3,(H,47,50)/b10-7+,16-13+,21-19-,25-23-. The summed E-state index contributed by atoms with van der Waals surface area (Å²) in [5.74, 6) is -0.524. The first-order chi connectivity index (χ1) is 25.5. The maximum atomic E-state index is 13.1. The molecule has 1 amide bonds. The van der Waals surface area contributed by atoms with E-state index in [9.17, 15) is 19.8 Å². The molecule has 302 valence electrons. The van der Waals surface area contributed by atoms with Gasteiger partial charge in [0.25, 0.3) is 0 Å². The zero-order valence-electron chi connectivity index (χ0n) is 34.2. The van der Waals surface area contributed by atoms with E-state index in [-0.39, 0.29) is 24.9 Å². The summed E-state index contributed by atoms with van der Waals surface area (Å²) < 4.78 is 5.85. The molecular weight excluding hydrogens is 647 g/mol. The average molecular weight is 730 g/mol. The van der Waals surface area contributed by atoms with Crippen LogP contribution in [0, 0.1) is 0 Å². The molecule has 0 radical (unpaired) electrons. The maximum Gasteiger partial charge on any atom is 0.306 e. The number of ether oxygens (including phenoxy) is 1. The molecule has 6 heteroatoms. The summed E-state index contributed by atoms with van der Waals surface area (Å²) >= 11 is 0. The second-order valence-electron chi connectivity index (χ2n) is 14.8. The second kappa shape index (κ2) is 40.0. The zero-order valence-corrected chi connectivity index (χ0v) is 34.2. The Morgan fingerprint density at radius 3 is 1.56 bits per heavy atom. The van der Waals surface area contributed by atoms with Gasteiger partial charge in [-0.3, -0.25) is 9.59 Å². The van der Waals surface area contributed by atoms with Crippen molar-refractivity contribution in [1.29, 1.82) is 0 Å². The van der Waals surface area contributed by atoms with Crippen LogP contribution in [0.2, 0.25) is 0 Å². The van der Waals surface area contributed by atoms with Crippen LogP contribution in [0.5, 0.6) is 0 Å². The van der Waals surface area contributed by atoms with Crippen LogP contribution in [-0.2, 0) is 14.3 Å². The number of amides is 1. The quantitative estimate of drug-likeness (QED) is 0.0334. The monoisotopic (exact) mass is 730 g/mol. The smallest absolute Gasteiger partial charge is 0.306 e. The van der Waals surface area contributed by atoms with E-state index in [1.165, 1.54) is 89.9 Å². The van der Waals surface area contributed by atoms with Crippen LogP contribution < -0.4 is 5.32 Å². The fraction of sp³-hybridized carbons (Fsp3) is 0.783. The van der Waals surface area contributed by atoms with E-state index < -0.39 is 18.2 Å². The molecular formula is C46H83NO5. The number of rotatable bonds is 38. The number of hydrogen-bond donors (Lipinski definition) is 3. The van der Waals surface area contributed by atoms with Crippen molar-refractivity contribution >= 4 is 11.9 Å². The number of aliphatic hydroxyl groups excluding tert-OH is 2. The molecule has 52 heavy (non-hydrogen) atoms. The van der Waals surface area contributed by atoms with Crippen LogP contribution in [0.3, 0.4) is 0 Å². The minimum Gasteiger partial charge on any atom is -0.462 e. The molecule has 6 nitrogen and oxygen atoms in total. The Morgan fingerprint density at radius 1 is 0.577 bits per heavy atom. The van der Waals surface area contributed by atoms with Gasteiger partial charge < -0.3 is 20.3 Å². The van der Waals surface area contributed by atoms with E-state index in [1.54, 1.807) is 0 Å². The van der Waals surface area contributed by atoms with Gasteiger partial charge in [-0.05, 0) is 44.9 Å². The Bertz CT molecular complexity index is 910. The predicted octanol–water partition coefficient (Wildman–Crippen LogP) is 12.3. The number of carbonyl (C=O) groups is 2. The lowest BCUT2D eigenvalue weighted by atomic mass is 10.0. The van der Waals surface area contributed by atoms with E-state index in [0.29, 0.717) is 19.3 Å². The van der Waals surface area contributed by atoms with Gasteiger partial charge in [-0.2, -0.15) is 0 Å². The third-order valence-electron chi connectivity index (χ3n) is 9.77. The van der Waals surface area contributed by atoms with Crippen molar-refractivity contribution in [1.82, 2.24) is 5.32 Å². The number of carbonyl (C=O) groups excluding carboxylic acids is 2. The van der Waals surface area contributed by atoms with Gasteiger partial charge >= 0.3 is 5.97 Å². The largest absolute Gasteiger partial charge is 0.462 e. The van der Waals surface area contributed by atoms with Crippen molar-refractivity contribution in [3.8, 4) is 0 Å². The lowest BCUT2D eigenvalue weighted by Crippen LogP contribution is -2.46. The third-order valence-corrected chi connectivity index (χ3v) is 9.77. The summed E-state index contributed by atoms with van der Waals surface area (Å²) in [6.45, 7) is 6.29. The zero-order chi connectivity index (χ0) is 38.2. The molecule has 0 heterocycles. The van der Waals surface area contributed by atoms with Crippen molar-refractivity contribution in [2.45, 2.75) is 225 Å². The molecule has 0 aromatic heterocycles. The number of nitrogens with one attached hydrogen (secondary N) is 1. The summed E-state index contributed by atoms with van der Waals surface area (Å²) in [5, 5.41) is 23.6. The normalized spacial score (nSPS) is 13.9. The van der Waals surface area contributed by atoms with E-state index in [4.69, 9.17) is 4.74 Å². The van der Waals surface area contributed by atoms with Gasteiger partial charge in [-0.15, -0.1) is 0 Å². The first-order valence-electron chi connectivity index (χ1n) is 21.9. The molecule has 0 spiro atoms. The number of unbranched alkanes of at least 4 members (excludes halogenated alkanes) is 21. The summed E-state index contributed by atoms with van der Waals surface area (Å²) in [7, 11) is 0. The molecule has 3 N–H and O–H groups in total. The lowest BCUT2D eigenvalue weighted by molar-refractivity contribution is -0.151. The first kappa shape index (κ1) is 49.8. The van der Waals surface area contributed by atoms with Gasteiger partial charge in [0.1, 0.15) is 6.10 Å². The summed E-state index contributed by atoms with van der Waals surface area (Å²) in [4.78, 5) is 25.8. The van der Waals surface area contributed by atoms with Gasteiger partial charge in [0.15, 0.2) is 0 Å². The maximum absolute atomic E-state index is 13.1. The lowest BCUT2D eigenvalue weighted by Gasteiger charge is -2.24. The molecule has 0 rings (SSSR count). The van der Waals surface area contributed by atoms with Crippen LogP contribution in [0.15, 0.2) is 48.6 Å².